The summed E-state index contributed by atoms with van der Waals surface area (Å²) in [7, 11) is 0. The van der Waals surface area contributed by atoms with Gasteiger partial charge in [0.1, 0.15) is 0 Å². The molecule has 0 radical (unpaired) electrons. The van der Waals surface area contributed by atoms with Crippen LogP contribution in [-0.4, -0.2) is 27.4 Å². The molecule has 0 saturated carbocycles. The standard InChI is InChI=1S/C8H18N2O/c1-7(2)5-6(9)8(3,4)10(7)11/h6,11H,5,9H2,1-4H3/t6-/m1/s1. The summed E-state index contributed by atoms with van der Waals surface area (Å²) < 4.78 is 0. The van der Waals surface area contributed by atoms with Crippen LogP contribution in [0.4, 0.5) is 0 Å². The molecule has 1 fully saturated rings. The molecular weight excluding hydrogens is 140 g/mol. The molecule has 0 unspecified atom stereocenters. The Labute approximate surface area is 68.1 Å². The second kappa shape index (κ2) is 2.19. The Bertz CT molecular complexity index is 165. The Morgan fingerprint density at radius 3 is 1.91 bits per heavy atom. The lowest BCUT2D eigenvalue weighted by molar-refractivity contribution is -0.193. The maximum absolute atomic E-state index is 9.71. The van der Waals surface area contributed by atoms with Crippen molar-refractivity contribution in [2.75, 3.05) is 0 Å². The normalized spacial score (nSPS) is 36.0. The molecule has 0 aromatic rings. The number of nitrogens with zero attached hydrogens (tertiary/aromatic N) is 1. The third-order valence-electron chi connectivity index (χ3n) is 2.75. The fourth-order valence-corrected chi connectivity index (χ4v) is 1.81. The van der Waals surface area contributed by atoms with Gasteiger partial charge in [0.15, 0.2) is 0 Å². The predicted octanol–water partition coefficient (Wildman–Crippen LogP) is 0.966. The summed E-state index contributed by atoms with van der Waals surface area (Å²) >= 11 is 0. The fraction of sp³-hybridized carbons (Fsp3) is 1.00. The van der Waals surface area contributed by atoms with E-state index in [-0.39, 0.29) is 17.1 Å². The highest BCUT2D eigenvalue weighted by Crippen LogP contribution is 2.37. The van der Waals surface area contributed by atoms with E-state index in [2.05, 4.69) is 0 Å². The van der Waals surface area contributed by atoms with Crippen LogP contribution in [-0.2, 0) is 0 Å². The Kier molecular flexibility index (Phi) is 1.78. The van der Waals surface area contributed by atoms with E-state index in [9.17, 15) is 5.21 Å². The van der Waals surface area contributed by atoms with Crippen molar-refractivity contribution in [3.63, 3.8) is 0 Å². The summed E-state index contributed by atoms with van der Waals surface area (Å²) in [5.74, 6) is 0. The zero-order valence-corrected chi connectivity index (χ0v) is 7.76. The van der Waals surface area contributed by atoms with Crippen molar-refractivity contribution >= 4 is 0 Å². The van der Waals surface area contributed by atoms with Crippen molar-refractivity contribution < 1.29 is 5.21 Å². The van der Waals surface area contributed by atoms with Gasteiger partial charge in [0, 0.05) is 11.6 Å². The van der Waals surface area contributed by atoms with Crippen LogP contribution in [0.1, 0.15) is 34.1 Å². The molecule has 1 aliphatic heterocycles. The molecule has 3 N–H and O–H groups in total. The summed E-state index contributed by atoms with van der Waals surface area (Å²) in [6.07, 6.45) is 0.844. The lowest BCUT2D eigenvalue weighted by Gasteiger charge is -2.34. The van der Waals surface area contributed by atoms with Crippen molar-refractivity contribution in [3.05, 3.63) is 0 Å². The van der Waals surface area contributed by atoms with Crippen LogP contribution < -0.4 is 5.73 Å². The van der Waals surface area contributed by atoms with Gasteiger partial charge in [0.2, 0.25) is 0 Å². The highest BCUT2D eigenvalue weighted by atomic mass is 16.5. The highest BCUT2D eigenvalue weighted by molar-refractivity contribution is 5.04. The first kappa shape index (κ1) is 8.97. The maximum Gasteiger partial charge on any atom is 0.0561 e. The van der Waals surface area contributed by atoms with Crippen molar-refractivity contribution in [1.82, 2.24) is 5.06 Å². The summed E-state index contributed by atoms with van der Waals surface area (Å²) in [6, 6.07) is 0.0579. The van der Waals surface area contributed by atoms with E-state index in [1.807, 2.05) is 27.7 Å². The van der Waals surface area contributed by atoms with Gasteiger partial charge in [0.25, 0.3) is 0 Å². The number of hydroxylamine groups is 2. The molecule has 1 aliphatic rings. The van der Waals surface area contributed by atoms with E-state index in [1.54, 1.807) is 0 Å². The monoisotopic (exact) mass is 158 g/mol. The molecule has 0 aromatic heterocycles. The average Bonchev–Trinajstić information content (AvgIpc) is 1.94. The second-order valence-electron chi connectivity index (χ2n) is 4.59. The van der Waals surface area contributed by atoms with E-state index in [0.29, 0.717) is 0 Å². The molecule has 0 aliphatic carbocycles. The largest absolute Gasteiger partial charge is 0.326 e. The van der Waals surface area contributed by atoms with Gasteiger partial charge in [-0.1, -0.05) is 0 Å². The smallest absolute Gasteiger partial charge is 0.0561 e. The summed E-state index contributed by atoms with van der Waals surface area (Å²) in [5.41, 5.74) is 5.41. The first-order chi connectivity index (χ1) is 4.78. The predicted molar refractivity (Wildman–Crippen MR) is 44.4 cm³/mol. The van der Waals surface area contributed by atoms with Crippen LogP contribution in [0.5, 0.6) is 0 Å². The molecule has 0 amide bonds. The van der Waals surface area contributed by atoms with Gasteiger partial charge >= 0.3 is 0 Å². The van der Waals surface area contributed by atoms with Gasteiger partial charge < -0.3 is 10.9 Å². The Morgan fingerprint density at radius 2 is 1.82 bits per heavy atom. The molecule has 0 spiro atoms. The first-order valence-corrected chi connectivity index (χ1v) is 4.03. The van der Waals surface area contributed by atoms with Crippen molar-refractivity contribution in [2.45, 2.75) is 51.2 Å². The number of hydrogen-bond donors (Lipinski definition) is 2. The summed E-state index contributed by atoms with van der Waals surface area (Å²) in [6.45, 7) is 7.93. The van der Waals surface area contributed by atoms with E-state index in [1.165, 1.54) is 5.06 Å². The summed E-state index contributed by atoms with van der Waals surface area (Å²) in [5, 5.41) is 11.1. The number of hydrogen-bond acceptors (Lipinski definition) is 3. The molecule has 66 valence electrons. The molecule has 1 rings (SSSR count). The van der Waals surface area contributed by atoms with Gasteiger partial charge in [0.05, 0.1) is 5.54 Å². The van der Waals surface area contributed by atoms with Gasteiger partial charge in [-0.25, -0.2) is 0 Å². The van der Waals surface area contributed by atoms with Gasteiger partial charge in [-0.2, -0.15) is 5.06 Å². The Balaban J connectivity index is 2.89. The van der Waals surface area contributed by atoms with Crippen LogP contribution in [0.15, 0.2) is 0 Å². The zero-order chi connectivity index (χ0) is 8.86. The second-order valence-corrected chi connectivity index (χ2v) is 4.59. The average molecular weight is 158 g/mol. The highest BCUT2D eigenvalue weighted by Gasteiger charge is 2.49. The van der Waals surface area contributed by atoms with Gasteiger partial charge in [-0.3, -0.25) is 0 Å². The SMILES string of the molecule is CC1(C)C[C@@H](N)C(C)(C)N1O. The first-order valence-electron chi connectivity index (χ1n) is 4.03. The maximum atomic E-state index is 9.71. The molecule has 3 heteroatoms. The van der Waals surface area contributed by atoms with Crippen LogP contribution >= 0.6 is 0 Å². The van der Waals surface area contributed by atoms with Crippen molar-refractivity contribution in [1.29, 1.82) is 0 Å². The minimum atomic E-state index is -0.288. The molecule has 1 atom stereocenters. The van der Waals surface area contributed by atoms with Gasteiger partial charge in [-0.15, -0.1) is 0 Å². The molecular formula is C8H18N2O. The third kappa shape index (κ3) is 1.17. The van der Waals surface area contributed by atoms with Crippen LogP contribution in [0.2, 0.25) is 0 Å². The van der Waals surface area contributed by atoms with Crippen LogP contribution in [0, 0.1) is 0 Å². The minimum Gasteiger partial charge on any atom is -0.326 e. The number of rotatable bonds is 0. The summed E-state index contributed by atoms with van der Waals surface area (Å²) in [4.78, 5) is 0. The van der Waals surface area contributed by atoms with Gasteiger partial charge in [-0.05, 0) is 34.1 Å². The van der Waals surface area contributed by atoms with E-state index < -0.39 is 0 Å². The molecule has 11 heavy (non-hydrogen) atoms. The van der Waals surface area contributed by atoms with E-state index in [4.69, 9.17) is 5.73 Å². The molecule has 0 bridgehead atoms. The Hall–Kier alpha value is -0.120. The minimum absolute atomic E-state index is 0.0579. The van der Waals surface area contributed by atoms with Crippen LogP contribution in [0.25, 0.3) is 0 Å². The number of nitrogens with two attached hydrogens (primary N) is 1. The molecule has 1 heterocycles. The van der Waals surface area contributed by atoms with E-state index >= 15 is 0 Å². The van der Waals surface area contributed by atoms with Crippen LogP contribution in [0.3, 0.4) is 0 Å². The van der Waals surface area contributed by atoms with E-state index in [0.717, 1.165) is 6.42 Å². The quantitative estimate of drug-likeness (QED) is 0.552. The zero-order valence-electron chi connectivity index (χ0n) is 7.76. The van der Waals surface area contributed by atoms with Crippen molar-refractivity contribution in [2.24, 2.45) is 5.73 Å². The molecule has 0 aromatic carbocycles. The third-order valence-corrected chi connectivity index (χ3v) is 2.75. The Morgan fingerprint density at radius 1 is 1.36 bits per heavy atom. The molecule has 3 nitrogen and oxygen atoms in total. The molecule has 1 saturated heterocycles. The fourth-order valence-electron chi connectivity index (χ4n) is 1.81. The lowest BCUT2D eigenvalue weighted by atomic mass is 9.95. The van der Waals surface area contributed by atoms with Crippen molar-refractivity contribution in [3.8, 4) is 0 Å². The topological polar surface area (TPSA) is 49.5 Å². The lowest BCUT2D eigenvalue weighted by Crippen LogP contribution is -2.50.